The van der Waals surface area contributed by atoms with Crippen molar-refractivity contribution >= 4 is 11.2 Å². The fourth-order valence-corrected chi connectivity index (χ4v) is 1.87. The first-order valence-corrected chi connectivity index (χ1v) is 5.42. The van der Waals surface area contributed by atoms with Gasteiger partial charge in [-0.1, -0.05) is 29.8 Å². The van der Waals surface area contributed by atoms with Gasteiger partial charge >= 0.3 is 0 Å². The Morgan fingerprint density at radius 3 is 3.18 bits per heavy atom. The molecule has 83 valence electrons. The summed E-state index contributed by atoms with van der Waals surface area (Å²) in [7, 11) is 0. The van der Waals surface area contributed by atoms with E-state index in [9.17, 15) is 0 Å². The zero-order valence-electron chi connectivity index (χ0n) is 9.46. The van der Waals surface area contributed by atoms with E-state index in [0.29, 0.717) is 0 Å². The van der Waals surface area contributed by atoms with E-state index in [1.54, 1.807) is 6.20 Å². The molecule has 2 aromatic heterocycles. The van der Waals surface area contributed by atoms with Gasteiger partial charge in [0, 0.05) is 0 Å². The average Bonchev–Trinajstić information content (AvgIpc) is 2.73. The van der Waals surface area contributed by atoms with Crippen LogP contribution in [0.3, 0.4) is 0 Å². The average molecular weight is 223 g/mol. The molecule has 3 rings (SSSR count). The van der Waals surface area contributed by atoms with Gasteiger partial charge in [-0.05, 0) is 12.5 Å². The van der Waals surface area contributed by atoms with E-state index in [4.69, 9.17) is 0 Å². The minimum absolute atomic E-state index is 0.731. The Morgan fingerprint density at radius 2 is 2.29 bits per heavy atom. The van der Waals surface area contributed by atoms with Gasteiger partial charge in [-0.25, -0.2) is 15.0 Å². The van der Waals surface area contributed by atoms with Crippen molar-refractivity contribution in [2.75, 3.05) is 0 Å². The van der Waals surface area contributed by atoms with E-state index < -0.39 is 0 Å². The number of hydrogen-bond acceptors (Lipinski definition) is 3. The van der Waals surface area contributed by atoms with Crippen LogP contribution in [0.25, 0.3) is 11.2 Å². The predicted molar refractivity (Wildman–Crippen MR) is 64.4 cm³/mol. The summed E-state index contributed by atoms with van der Waals surface area (Å²) in [6, 6.07) is 8.38. The van der Waals surface area contributed by atoms with Crippen LogP contribution in [0.15, 0.2) is 36.8 Å². The second-order valence-corrected chi connectivity index (χ2v) is 4.02. The van der Waals surface area contributed by atoms with E-state index in [2.05, 4.69) is 52.5 Å². The molecule has 0 atom stereocenters. The Hall–Kier alpha value is -2.23. The maximum Gasteiger partial charge on any atom is 0.179 e. The molecule has 1 radical (unpaired) electrons. The van der Waals surface area contributed by atoms with Crippen molar-refractivity contribution in [1.29, 1.82) is 0 Å². The molecule has 0 N–H and O–H groups in total. The lowest BCUT2D eigenvalue weighted by Crippen LogP contribution is -1.99. The molecule has 0 fully saturated rings. The Morgan fingerprint density at radius 1 is 1.35 bits per heavy atom. The van der Waals surface area contributed by atoms with Crippen LogP contribution in [0.5, 0.6) is 0 Å². The molecule has 0 saturated carbocycles. The fraction of sp³-hybridized carbons (Fsp3) is 0.154. The number of aryl methyl sites for hydroxylation is 1. The van der Waals surface area contributed by atoms with Crippen molar-refractivity contribution in [2.45, 2.75) is 13.5 Å². The van der Waals surface area contributed by atoms with Crippen LogP contribution < -0.4 is 0 Å². The zero-order chi connectivity index (χ0) is 11.7. The Bertz CT molecular complexity index is 657. The van der Waals surface area contributed by atoms with Gasteiger partial charge < -0.3 is 4.57 Å². The molecule has 0 aliphatic heterocycles. The van der Waals surface area contributed by atoms with Crippen LogP contribution in [0.1, 0.15) is 11.1 Å². The largest absolute Gasteiger partial charge is 0.301 e. The second kappa shape index (κ2) is 3.97. The van der Waals surface area contributed by atoms with Crippen LogP contribution in [-0.4, -0.2) is 19.5 Å². The van der Waals surface area contributed by atoms with E-state index in [-0.39, 0.29) is 0 Å². The molecule has 3 aromatic rings. The molecule has 2 heterocycles. The summed E-state index contributed by atoms with van der Waals surface area (Å²) in [5.74, 6) is 0. The molecule has 17 heavy (non-hydrogen) atoms. The second-order valence-electron chi connectivity index (χ2n) is 4.02. The molecular formula is C13H11N4. The van der Waals surface area contributed by atoms with E-state index in [1.165, 1.54) is 17.5 Å². The van der Waals surface area contributed by atoms with Crippen molar-refractivity contribution in [3.05, 3.63) is 54.2 Å². The number of aromatic nitrogens is 4. The van der Waals surface area contributed by atoms with E-state index in [0.717, 1.165) is 17.7 Å². The summed E-state index contributed by atoms with van der Waals surface area (Å²) in [6.45, 7) is 2.82. The summed E-state index contributed by atoms with van der Waals surface area (Å²) in [4.78, 5) is 12.3. The number of benzene rings is 1. The highest BCUT2D eigenvalue weighted by Crippen LogP contribution is 2.11. The summed E-state index contributed by atoms with van der Waals surface area (Å²) < 4.78 is 1.91. The highest BCUT2D eigenvalue weighted by atomic mass is 15.1. The molecule has 0 aliphatic carbocycles. The lowest BCUT2D eigenvalue weighted by atomic mass is 10.1. The lowest BCUT2D eigenvalue weighted by Gasteiger charge is -2.03. The molecule has 4 heteroatoms. The Balaban J connectivity index is 2.00. The Labute approximate surface area is 99.0 Å². The van der Waals surface area contributed by atoms with Gasteiger partial charge in [-0.3, -0.25) is 0 Å². The summed E-state index contributed by atoms with van der Waals surface area (Å²) in [5, 5.41) is 0. The first-order chi connectivity index (χ1) is 8.33. The number of nitrogens with zero attached hydrogens (tertiary/aromatic N) is 4. The zero-order valence-corrected chi connectivity index (χ0v) is 9.46. The first-order valence-electron chi connectivity index (χ1n) is 5.42. The molecule has 4 nitrogen and oxygen atoms in total. The third-order valence-corrected chi connectivity index (χ3v) is 2.64. The van der Waals surface area contributed by atoms with Gasteiger partial charge in [-0.2, -0.15) is 0 Å². The van der Waals surface area contributed by atoms with Crippen molar-refractivity contribution < 1.29 is 0 Å². The molecule has 0 aliphatic rings. The fourth-order valence-electron chi connectivity index (χ4n) is 1.87. The van der Waals surface area contributed by atoms with Crippen molar-refractivity contribution in [3.63, 3.8) is 0 Å². The van der Waals surface area contributed by atoms with Gasteiger partial charge in [0.1, 0.15) is 11.8 Å². The number of hydrogen-bond donors (Lipinski definition) is 0. The quantitative estimate of drug-likeness (QED) is 0.667. The topological polar surface area (TPSA) is 43.6 Å². The van der Waals surface area contributed by atoms with Gasteiger partial charge in [0.05, 0.1) is 12.7 Å². The van der Waals surface area contributed by atoms with Gasteiger partial charge in [-0.15, -0.1) is 0 Å². The monoisotopic (exact) mass is 223 g/mol. The van der Waals surface area contributed by atoms with E-state index in [1.807, 2.05) is 4.57 Å². The highest BCUT2D eigenvalue weighted by Gasteiger charge is 2.04. The number of fused-ring (bicyclic) bond motifs is 1. The maximum atomic E-state index is 4.22. The number of imidazole rings is 1. The molecule has 0 spiro atoms. The first kappa shape index (κ1) is 9.96. The maximum absolute atomic E-state index is 4.22. The normalized spacial score (nSPS) is 10.9. The number of rotatable bonds is 2. The van der Waals surface area contributed by atoms with Gasteiger partial charge in [0.25, 0.3) is 0 Å². The van der Waals surface area contributed by atoms with Crippen LogP contribution in [0, 0.1) is 13.3 Å². The lowest BCUT2D eigenvalue weighted by molar-refractivity contribution is 0.804. The van der Waals surface area contributed by atoms with Crippen molar-refractivity contribution in [3.8, 4) is 0 Å². The third-order valence-electron chi connectivity index (χ3n) is 2.64. The van der Waals surface area contributed by atoms with E-state index >= 15 is 0 Å². The van der Waals surface area contributed by atoms with Gasteiger partial charge in [0.2, 0.25) is 0 Å². The smallest absolute Gasteiger partial charge is 0.179 e. The van der Waals surface area contributed by atoms with Crippen LogP contribution >= 0.6 is 0 Å². The van der Waals surface area contributed by atoms with Crippen LogP contribution in [-0.2, 0) is 6.54 Å². The summed E-state index contributed by atoms with van der Waals surface area (Å²) in [6.07, 6.45) is 6.18. The summed E-state index contributed by atoms with van der Waals surface area (Å²) in [5.41, 5.74) is 4.07. The molecule has 0 saturated heterocycles. The predicted octanol–water partition coefficient (Wildman–Crippen LogP) is 1.98. The summed E-state index contributed by atoms with van der Waals surface area (Å²) >= 11 is 0. The SMILES string of the molecule is Cc1cccc(Cn2[c]nc3cncnc32)c1. The standard InChI is InChI=1S/C13H11N4/c1-10-3-2-4-11(5-10)7-17-9-16-12-6-14-8-15-13(12)17/h2-6,8H,7H2,1H3. The van der Waals surface area contributed by atoms with Crippen molar-refractivity contribution in [2.24, 2.45) is 0 Å². The highest BCUT2D eigenvalue weighted by molar-refractivity contribution is 5.68. The third kappa shape index (κ3) is 1.89. The molecule has 0 amide bonds. The minimum Gasteiger partial charge on any atom is -0.301 e. The minimum atomic E-state index is 0.731. The molecular weight excluding hydrogens is 212 g/mol. The van der Waals surface area contributed by atoms with Crippen LogP contribution in [0.2, 0.25) is 0 Å². The molecule has 0 unspecified atom stereocenters. The molecule has 0 bridgehead atoms. The van der Waals surface area contributed by atoms with Crippen molar-refractivity contribution in [1.82, 2.24) is 19.5 Å². The molecule has 1 aromatic carbocycles. The Kier molecular flexibility index (Phi) is 2.33. The van der Waals surface area contributed by atoms with Gasteiger partial charge in [0.15, 0.2) is 12.0 Å². The van der Waals surface area contributed by atoms with Crippen LogP contribution in [0.4, 0.5) is 0 Å².